The minimum Gasteiger partial charge on any atom is -0.481 e. The van der Waals surface area contributed by atoms with E-state index < -0.39 is 5.97 Å². The van der Waals surface area contributed by atoms with E-state index in [1.165, 1.54) is 11.3 Å². The monoisotopic (exact) mass is 310 g/mol. The minimum atomic E-state index is -1.01. The summed E-state index contributed by atoms with van der Waals surface area (Å²) in [5, 5.41) is 14.4. The number of thiophene rings is 1. The van der Waals surface area contributed by atoms with E-state index >= 15 is 0 Å². The van der Waals surface area contributed by atoms with Crippen molar-refractivity contribution in [1.82, 2.24) is 5.32 Å². The van der Waals surface area contributed by atoms with Crippen LogP contribution in [0.15, 0.2) is 0 Å². The smallest absolute Gasteiger partial charge is 0.303 e. The lowest BCUT2D eigenvalue weighted by atomic mass is 9.95. The maximum absolute atomic E-state index is 12.1. The largest absolute Gasteiger partial charge is 0.481 e. The molecule has 7 heteroatoms. The third-order valence-electron chi connectivity index (χ3n) is 3.44. The van der Waals surface area contributed by atoms with Crippen molar-refractivity contribution in [1.29, 1.82) is 0 Å². The number of rotatable bonds is 5. The summed E-state index contributed by atoms with van der Waals surface area (Å²) in [7, 11) is 1.56. The second-order valence-electron chi connectivity index (χ2n) is 4.94. The fraction of sp³-hybridized carbons (Fsp3) is 0.500. The van der Waals surface area contributed by atoms with Crippen molar-refractivity contribution in [3.05, 3.63) is 16.0 Å². The van der Waals surface area contributed by atoms with E-state index in [-0.39, 0.29) is 24.7 Å². The third-order valence-corrected chi connectivity index (χ3v) is 4.65. The fourth-order valence-corrected chi connectivity index (χ4v) is 3.73. The van der Waals surface area contributed by atoms with E-state index in [1.54, 1.807) is 7.05 Å². The van der Waals surface area contributed by atoms with Crippen LogP contribution in [0.25, 0.3) is 0 Å². The minimum absolute atomic E-state index is 0.0922. The van der Waals surface area contributed by atoms with Crippen LogP contribution < -0.4 is 10.6 Å². The quantitative estimate of drug-likeness (QED) is 0.772. The van der Waals surface area contributed by atoms with Gasteiger partial charge in [0, 0.05) is 18.3 Å². The van der Waals surface area contributed by atoms with Gasteiger partial charge in [0.15, 0.2) is 0 Å². The zero-order chi connectivity index (χ0) is 15.4. The van der Waals surface area contributed by atoms with Gasteiger partial charge in [-0.2, -0.15) is 0 Å². The highest BCUT2D eigenvalue weighted by molar-refractivity contribution is 7.17. The van der Waals surface area contributed by atoms with Crippen LogP contribution in [0.5, 0.6) is 0 Å². The predicted octanol–water partition coefficient (Wildman–Crippen LogP) is 1.79. The summed E-state index contributed by atoms with van der Waals surface area (Å²) in [5.41, 5.74) is 1.57. The number of anilines is 1. The van der Waals surface area contributed by atoms with Gasteiger partial charge in [0.2, 0.25) is 5.91 Å². The molecule has 1 aliphatic carbocycles. The number of carboxylic acids is 1. The lowest BCUT2D eigenvalue weighted by molar-refractivity contribution is -0.138. The topological polar surface area (TPSA) is 95.5 Å². The van der Waals surface area contributed by atoms with Gasteiger partial charge in [0.05, 0.1) is 12.0 Å². The van der Waals surface area contributed by atoms with Crippen LogP contribution in [-0.4, -0.2) is 29.9 Å². The number of hydrogen-bond acceptors (Lipinski definition) is 4. The maximum atomic E-state index is 12.1. The van der Waals surface area contributed by atoms with Gasteiger partial charge >= 0.3 is 5.97 Å². The Labute approximate surface area is 126 Å². The van der Waals surface area contributed by atoms with E-state index in [0.717, 1.165) is 36.1 Å². The van der Waals surface area contributed by atoms with Gasteiger partial charge in [0.25, 0.3) is 5.91 Å². The molecule has 0 radical (unpaired) electrons. The molecule has 1 aromatic rings. The van der Waals surface area contributed by atoms with Crippen molar-refractivity contribution in [2.24, 2.45) is 0 Å². The lowest BCUT2D eigenvalue weighted by Gasteiger charge is -2.12. The van der Waals surface area contributed by atoms with Crippen molar-refractivity contribution in [2.75, 3.05) is 12.4 Å². The summed E-state index contributed by atoms with van der Waals surface area (Å²) in [4.78, 5) is 35.5. The van der Waals surface area contributed by atoms with E-state index in [2.05, 4.69) is 10.6 Å². The Morgan fingerprint density at radius 3 is 2.57 bits per heavy atom. The molecule has 114 valence electrons. The zero-order valence-corrected chi connectivity index (χ0v) is 12.6. The normalized spacial score (nSPS) is 13.4. The average Bonchev–Trinajstić information content (AvgIpc) is 2.82. The number of aliphatic carboxylic acids is 1. The van der Waals surface area contributed by atoms with Gasteiger partial charge in [0.1, 0.15) is 5.00 Å². The summed E-state index contributed by atoms with van der Waals surface area (Å²) in [6, 6.07) is 0. The molecule has 1 aromatic heterocycles. The molecule has 21 heavy (non-hydrogen) atoms. The number of hydrogen-bond donors (Lipinski definition) is 3. The summed E-state index contributed by atoms with van der Waals surface area (Å²) < 4.78 is 0. The summed E-state index contributed by atoms with van der Waals surface area (Å²) in [5.74, 6) is -1.59. The van der Waals surface area contributed by atoms with Gasteiger partial charge in [-0.15, -0.1) is 11.3 Å². The number of carbonyl (C=O) groups excluding carboxylic acids is 2. The van der Waals surface area contributed by atoms with E-state index in [0.29, 0.717) is 10.6 Å². The molecule has 2 rings (SSSR count). The van der Waals surface area contributed by atoms with Crippen LogP contribution in [0.4, 0.5) is 5.00 Å². The molecule has 6 nitrogen and oxygen atoms in total. The summed E-state index contributed by atoms with van der Waals surface area (Å²) >= 11 is 1.43. The highest BCUT2D eigenvalue weighted by Gasteiger charge is 2.25. The van der Waals surface area contributed by atoms with Crippen molar-refractivity contribution in [3.63, 3.8) is 0 Å². The van der Waals surface area contributed by atoms with Crippen LogP contribution in [0, 0.1) is 0 Å². The Morgan fingerprint density at radius 1 is 1.19 bits per heavy atom. The number of carbonyl (C=O) groups is 3. The Bertz CT molecular complexity index is 580. The van der Waals surface area contributed by atoms with Crippen LogP contribution >= 0.6 is 11.3 Å². The highest BCUT2D eigenvalue weighted by atomic mass is 32.1. The first-order valence-corrected chi connectivity index (χ1v) is 7.72. The molecule has 0 unspecified atom stereocenters. The van der Waals surface area contributed by atoms with Gasteiger partial charge in [-0.1, -0.05) is 0 Å². The molecular formula is C14H18N2O4S. The Kier molecular flexibility index (Phi) is 4.95. The molecule has 0 saturated carbocycles. The first kappa shape index (κ1) is 15.5. The van der Waals surface area contributed by atoms with Gasteiger partial charge in [-0.05, 0) is 31.2 Å². The molecule has 1 heterocycles. The first-order chi connectivity index (χ1) is 10.0. The Balaban J connectivity index is 2.22. The first-order valence-electron chi connectivity index (χ1n) is 6.91. The molecule has 0 fully saturated rings. The SMILES string of the molecule is CNC(=O)c1c(NC(=O)CCC(=O)O)sc2c1CCCC2. The molecule has 0 saturated heterocycles. The fourth-order valence-electron chi connectivity index (χ4n) is 2.43. The molecule has 0 aliphatic heterocycles. The van der Waals surface area contributed by atoms with Crippen molar-refractivity contribution in [3.8, 4) is 0 Å². The van der Waals surface area contributed by atoms with Crippen LogP contribution in [-0.2, 0) is 22.4 Å². The van der Waals surface area contributed by atoms with Crippen molar-refractivity contribution >= 4 is 34.1 Å². The Hall–Kier alpha value is -1.89. The number of carboxylic acid groups (broad SMARTS) is 1. The van der Waals surface area contributed by atoms with Gasteiger partial charge < -0.3 is 15.7 Å². The Morgan fingerprint density at radius 2 is 1.90 bits per heavy atom. The number of aryl methyl sites for hydroxylation is 1. The standard InChI is InChI=1S/C14H18N2O4S/c1-15-13(20)12-8-4-2-3-5-9(8)21-14(12)16-10(17)6-7-11(18)19/h2-7H2,1H3,(H,15,20)(H,16,17)(H,18,19). The number of nitrogens with one attached hydrogen (secondary N) is 2. The van der Waals surface area contributed by atoms with Gasteiger partial charge in [-0.25, -0.2) is 0 Å². The zero-order valence-electron chi connectivity index (χ0n) is 11.8. The molecule has 0 bridgehead atoms. The second-order valence-corrected chi connectivity index (χ2v) is 6.04. The molecule has 2 amide bonds. The van der Waals surface area contributed by atoms with Crippen LogP contribution in [0.2, 0.25) is 0 Å². The van der Waals surface area contributed by atoms with E-state index in [1.807, 2.05) is 0 Å². The molecule has 1 aliphatic rings. The van der Waals surface area contributed by atoms with Crippen molar-refractivity contribution < 1.29 is 19.5 Å². The van der Waals surface area contributed by atoms with Gasteiger partial charge in [-0.3, -0.25) is 14.4 Å². The van der Waals surface area contributed by atoms with Crippen LogP contribution in [0.1, 0.15) is 46.5 Å². The second kappa shape index (κ2) is 6.71. The van der Waals surface area contributed by atoms with E-state index in [4.69, 9.17) is 5.11 Å². The van der Waals surface area contributed by atoms with Crippen LogP contribution in [0.3, 0.4) is 0 Å². The lowest BCUT2D eigenvalue weighted by Crippen LogP contribution is -2.22. The predicted molar refractivity (Wildman–Crippen MR) is 79.9 cm³/mol. The molecule has 0 spiro atoms. The third kappa shape index (κ3) is 3.60. The maximum Gasteiger partial charge on any atom is 0.303 e. The number of fused-ring (bicyclic) bond motifs is 1. The molecule has 0 atom stereocenters. The molecule has 3 N–H and O–H groups in total. The summed E-state index contributed by atoms with van der Waals surface area (Å²) in [6.07, 6.45) is 3.60. The molecule has 0 aromatic carbocycles. The highest BCUT2D eigenvalue weighted by Crippen LogP contribution is 2.38. The summed E-state index contributed by atoms with van der Waals surface area (Å²) in [6.45, 7) is 0. The van der Waals surface area contributed by atoms with E-state index in [9.17, 15) is 14.4 Å². The van der Waals surface area contributed by atoms with Crippen molar-refractivity contribution in [2.45, 2.75) is 38.5 Å². The molecular weight excluding hydrogens is 292 g/mol. The number of amides is 2. The average molecular weight is 310 g/mol.